The minimum atomic E-state index is -5.01. The molecule has 1 fully saturated rings. The quantitative estimate of drug-likeness (QED) is 0.704. The molecule has 0 aromatic carbocycles. The molecule has 17 heavy (non-hydrogen) atoms. The van der Waals surface area contributed by atoms with Crippen LogP contribution in [0.2, 0.25) is 0 Å². The molecule has 1 aliphatic heterocycles. The second-order valence-electron chi connectivity index (χ2n) is 3.87. The van der Waals surface area contributed by atoms with Crippen LogP contribution in [0.5, 0.6) is 0 Å². The Bertz CT molecular complexity index is 285. The van der Waals surface area contributed by atoms with Crippen molar-refractivity contribution < 1.29 is 27.5 Å². The number of hydrogen-bond donors (Lipinski definition) is 2. The number of amides is 1. The van der Waals surface area contributed by atoms with E-state index in [1.54, 1.807) is 6.92 Å². The van der Waals surface area contributed by atoms with Gasteiger partial charge in [-0.25, -0.2) is 4.39 Å². The summed E-state index contributed by atoms with van der Waals surface area (Å²) < 4.78 is 49.6. The fourth-order valence-corrected chi connectivity index (χ4v) is 1.71. The average Bonchev–Trinajstić information content (AvgIpc) is 2.57. The molecule has 100 valence electrons. The zero-order chi connectivity index (χ0) is 13.2. The van der Waals surface area contributed by atoms with Crippen LogP contribution in [0, 0.1) is 0 Å². The van der Waals surface area contributed by atoms with Crippen LogP contribution in [-0.2, 0) is 4.79 Å². The molecule has 0 saturated carbocycles. The Morgan fingerprint density at radius 3 is 2.59 bits per heavy atom. The number of aliphatic hydroxyl groups is 1. The standard InChI is InChI=1S/C9H14F4N2O2/c1-2-14-6-4-15(3-5(6)10)8(17)7(16)9(11,12)13/h5-7,14,16H,2-4H2,1H3/t5-,6+,7+/m0/s1. The Kier molecular flexibility index (Phi) is 4.31. The first-order chi connectivity index (χ1) is 7.77. The number of rotatable bonds is 3. The summed E-state index contributed by atoms with van der Waals surface area (Å²) in [4.78, 5) is 11.9. The maximum atomic E-state index is 13.3. The van der Waals surface area contributed by atoms with Gasteiger partial charge in [-0.15, -0.1) is 0 Å². The third kappa shape index (κ3) is 3.29. The summed E-state index contributed by atoms with van der Waals surface area (Å²) in [5.74, 6) is -1.50. The van der Waals surface area contributed by atoms with E-state index >= 15 is 0 Å². The second kappa shape index (κ2) is 5.18. The number of halogens is 4. The van der Waals surface area contributed by atoms with Gasteiger partial charge in [0.2, 0.25) is 6.10 Å². The van der Waals surface area contributed by atoms with Crippen molar-refractivity contribution in [2.45, 2.75) is 31.4 Å². The highest BCUT2D eigenvalue weighted by Crippen LogP contribution is 2.23. The van der Waals surface area contributed by atoms with E-state index in [1.165, 1.54) is 0 Å². The van der Waals surface area contributed by atoms with Crippen molar-refractivity contribution in [3.63, 3.8) is 0 Å². The van der Waals surface area contributed by atoms with Crippen LogP contribution in [0.1, 0.15) is 6.92 Å². The number of aliphatic hydroxyl groups excluding tert-OH is 1. The zero-order valence-corrected chi connectivity index (χ0v) is 9.17. The lowest BCUT2D eigenvalue weighted by Gasteiger charge is -2.21. The average molecular weight is 258 g/mol. The first kappa shape index (κ1) is 14.2. The van der Waals surface area contributed by atoms with Crippen molar-refractivity contribution in [3.8, 4) is 0 Å². The minimum Gasteiger partial charge on any atom is -0.376 e. The van der Waals surface area contributed by atoms with Crippen LogP contribution in [0.15, 0.2) is 0 Å². The van der Waals surface area contributed by atoms with Gasteiger partial charge in [-0.1, -0.05) is 6.92 Å². The van der Waals surface area contributed by atoms with Crippen LogP contribution in [0.25, 0.3) is 0 Å². The van der Waals surface area contributed by atoms with Crippen LogP contribution >= 0.6 is 0 Å². The summed E-state index contributed by atoms with van der Waals surface area (Å²) in [7, 11) is 0. The van der Waals surface area contributed by atoms with Crippen molar-refractivity contribution in [2.24, 2.45) is 0 Å². The maximum absolute atomic E-state index is 13.3. The Labute approximate surface area is 95.6 Å². The lowest BCUT2D eigenvalue weighted by Crippen LogP contribution is -2.46. The largest absolute Gasteiger partial charge is 0.423 e. The number of likely N-dealkylation sites (N-methyl/N-ethyl adjacent to an activating group) is 1. The molecule has 0 aromatic heterocycles. The normalized spacial score (nSPS) is 27.3. The highest BCUT2D eigenvalue weighted by atomic mass is 19.4. The monoisotopic (exact) mass is 258 g/mol. The van der Waals surface area contributed by atoms with Gasteiger partial charge in [-0.05, 0) is 6.54 Å². The van der Waals surface area contributed by atoms with Crippen LogP contribution in [0.3, 0.4) is 0 Å². The Morgan fingerprint density at radius 1 is 1.53 bits per heavy atom. The number of carbonyl (C=O) groups excluding carboxylic acids is 1. The highest BCUT2D eigenvalue weighted by Gasteiger charge is 2.47. The molecule has 1 amide bonds. The van der Waals surface area contributed by atoms with Crippen molar-refractivity contribution in [1.29, 1.82) is 0 Å². The van der Waals surface area contributed by atoms with Crippen molar-refractivity contribution >= 4 is 5.91 Å². The van der Waals surface area contributed by atoms with E-state index < -0.39 is 36.9 Å². The van der Waals surface area contributed by atoms with E-state index in [4.69, 9.17) is 5.11 Å². The topological polar surface area (TPSA) is 52.6 Å². The highest BCUT2D eigenvalue weighted by molar-refractivity contribution is 5.81. The van der Waals surface area contributed by atoms with Gasteiger partial charge in [0.05, 0.1) is 12.6 Å². The van der Waals surface area contributed by atoms with E-state index in [9.17, 15) is 22.4 Å². The van der Waals surface area contributed by atoms with Gasteiger partial charge >= 0.3 is 6.18 Å². The molecule has 4 nitrogen and oxygen atoms in total. The van der Waals surface area contributed by atoms with Crippen LogP contribution in [-0.4, -0.2) is 60.0 Å². The summed E-state index contributed by atoms with van der Waals surface area (Å²) in [5.41, 5.74) is 0. The maximum Gasteiger partial charge on any atom is 0.423 e. The second-order valence-corrected chi connectivity index (χ2v) is 3.87. The van der Waals surface area contributed by atoms with E-state index in [1.807, 2.05) is 0 Å². The zero-order valence-electron chi connectivity index (χ0n) is 9.17. The lowest BCUT2D eigenvalue weighted by molar-refractivity contribution is -0.210. The summed E-state index contributed by atoms with van der Waals surface area (Å²) >= 11 is 0. The molecule has 1 heterocycles. The van der Waals surface area contributed by atoms with E-state index in [2.05, 4.69) is 5.32 Å². The molecule has 1 saturated heterocycles. The van der Waals surface area contributed by atoms with Crippen LogP contribution in [0.4, 0.5) is 17.6 Å². The van der Waals surface area contributed by atoms with Gasteiger partial charge in [0.1, 0.15) is 6.17 Å². The minimum absolute atomic E-state index is 0.166. The third-order valence-corrected chi connectivity index (χ3v) is 2.57. The fourth-order valence-electron chi connectivity index (χ4n) is 1.71. The molecule has 0 bridgehead atoms. The molecule has 0 aliphatic carbocycles. The fraction of sp³-hybridized carbons (Fsp3) is 0.889. The Hall–Kier alpha value is -0.890. The molecule has 0 unspecified atom stereocenters. The van der Waals surface area contributed by atoms with Gasteiger partial charge in [0, 0.05) is 6.54 Å². The SMILES string of the molecule is CCN[C@@H]1CN(C(=O)[C@@H](O)C(F)(F)F)C[C@@H]1F. The van der Waals surface area contributed by atoms with E-state index in [0.717, 1.165) is 0 Å². The number of nitrogens with one attached hydrogen (secondary N) is 1. The number of carbonyl (C=O) groups is 1. The number of hydrogen-bond acceptors (Lipinski definition) is 3. The molecule has 1 aliphatic rings. The predicted molar refractivity (Wildman–Crippen MR) is 51.0 cm³/mol. The van der Waals surface area contributed by atoms with Crippen LogP contribution < -0.4 is 5.32 Å². The Morgan fingerprint density at radius 2 is 2.12 bits per heavy atom. The first-order valence-corrected chi connectivity index (χ1v) is 5.18. The van der Waals surface area contributed by atoms with E-state index in [-0.39, 0.29) is 6.54 Å². The van der Waals surface area contributed by atoms with Gasteiger partial charge in [-0.3, -0.25) is 4.79 Å². The van der Waals surface area contributed by atoms with E-state index in [0.29, 0.717) is 11.4 Å². The molecule has 3 atom stereocenters. The lowest BCUT2D eigenvalue weighted by atomic mass is 10.2. The predicted octanol–water partition coefficient (Wildman–Crippen LogP) is 0.0680. The number of likely N-dealkylation sites (tertiary alicyclic amines) is 1. The van der Waals surface area contributed by atoms with Crippen molar-refractivity contribution in [3.05, 3.63) is 0 Å². The van der Waals surface area contributed by atoms with Gasteiger partial charge in [0.15, 0.2) is 0 Å². The first-order valence-electron chi connectivity index (χ1n) is 5.18. The summed E-state index contributed by atoms with van der Waals surface area (Å²) in [5, 5.41) is 11.5. The molecule has 0 radical (unpaired) electrons. The summed E-state index contributed by atoms with van der Waals surface area (Å²) in [6.07, 6.45) is -9.51. The van der Waals surface area contributed by atoms with Gasteiger partial charge in [-0.2, -0.15) is 13.2 Å². The van der Waals surface area contributed by atoms with Gasteiger partial charge < -0.3 is 15.3 Å². The summed E-state index contributed by atoms with van der Waals surface area (Å²) in [6, 6.07) is -0.676. The van der Waals surface area contributed by atoms with Crippen molar-refractivity contribution in [1.82, 2.24) is 10.2 Å². The van der Waals surface area contributed by atoms with Crippen molar-refractivity contribution in [2.75, 3.05) is 19.6 Å². The third-order valence-electron chi connectivity index (χ3n) is 2.57. The Balaban J connectivity index is 2.61. The smallest absolute Gasteiger partial charge is 0.376 e. The molecule has 1 rings (SSSR count). The van der Waals surface area contributed by atoms with Gasteiger partial charge in [0.25, 0.3) is 5.91 Å². The summed E-state index contributed by atoms with van der Waals surface area (Å²) in [6.45, 7) is 1.58. The number of alkyl halides is 4. The molecule has 2 N–H and O–H groups in total. The number of nitrogens with zero attached hydrogens (tertiary/aromatic N) is 1. The molecule has 0 aromatic rings. The molecule has 8 heteroatoms. The molecule has 0 spiro atoms. The molecular weight excluding hydrogens is 244 g/mol. The molecular formula is C9H14F4N2O2.